The maximum absolute atomic E-state index is 15.7. The van der Waals surface area contributed by atoms with Crippen LogP contribution in [0.1, 0.15) is 56.6 Å². The van der Waals surface area contributed by atoms with E-state index in [9.17, 15) is 14.7 Å². The second kappa shape index (κ2) is 11.0. The van der Waals surface area contributed by atoms with E-state index in [1.54, 1.807) is 30.1 Å². The molecular weight excluding hydrogens is 535 g/mol. The van der Waals surface area contributed by atoms with Gasteiger partial charge in [-0.2, -0.15) is 0 Å². The molecule has 6 nitrogen and oxygen atoms in total. The van der Waals surface area contributed by atoms with Gasteiger partial charge >= 0.3 is 0 Å². The summed E-state index contributed by atoms with van der Waals surface area (Å²) >= 11 is 6.43. The Balaban J connectivity index is 1.51. The summed E-state index contributed by atoms with van der Waals surface area (Å²) in [5.74, 6) is -0.528. The van der Waals surface area contributed by atoms with Crippen LogP contribution < -0.4 is 9.80 Å². The van der Waals surface area contributed by atoms with Crippen molar-refractivity contribution in [2.45, 2.75) is 82.3 Å². The quantitative estimate of drug-likeness (QED) is 0.324. The lowest BCUT2D eigenvalue weighted by Crippen LogP contribution is -2.45. The molecule has 3 aliphatic rings. The molecule has 2 fully saturated rings. The van der Waals surface area contributed by atoms with Crippen molar-refractivity contribution in [3.8, 4) is 0 Å². The largest absolute Gasteiger partial charge is 0.396 e. The van der Waals surface area contributed by atoms with Crippen molar-refractivity contribution < 1.29 is 23.5 Å². The molecule has 0 saturated carbocycles. The average Bonchev–Trinajstić information content (AvgIpc) is 3.29. The number of aliphatic hydroxyl groups is 1. The van der Waals surface area contributed by atoms with Gasteiger partial charge in [-0.1, -0.05) is 43.5 Å². The molecule has 5 rings (SSSR count). The minimum atomic E-state index is -3.26. The highest BCUT2D eigenvalue weighted by Crippen LogP contribution is 2.60. The first-order valence-corrected chi connectivity index (χ1v) is 17.4. The number of amides is 2. The first-order chi connectivity index (χ1) is 18.6. The van der Waals surface area contributed by atoms with Gasteiger partial charge in [0.15, 0.2) is 5.60 Å². The van der Waals surface area contributed by atoms with E-state index < -0.39 is 31.6 Å². The molecule has 2 saturated heterocycles. The molecular formula is C30H38ClFN2O4Si. The number of hydrogen-bond acceptors (Lipinski definition) is 4. The van der Waals surface area contributed by atoms with Gasteiger partial charge < -0.3 is 23.8 Å². The Hall–Kier alpha value is -2.26. The van der Waals surface area contributed by atoms with Crippen LogP contribution in [0.4, 0.5) is 15.5 Å². The van der Waals surface area contributed by atoms with Crippen LogP contribution in [-0.2, 0) is 26.5 Å². The van der Waals surface area contributed by atoms with Crippen LogP contribution in [0.5, 0.6) is 0 Å². The standard InChI is InChI=1S/C30H38ClFN2O4Si/c1-20-28(39(2,3)32)26(14-16-35)38-30(20)24-18-22(31)12-13-25(24)34(29(30)37)19-21-9-8-10-23(17-21)33-15-7-5-4-6-11-27(33)36/h8-10,12-13,17-18,20,26,28,35H,4-7,11,14-16,19H2,1-3H3/t20-,26+,28-,30+/m1/s1. The van der Waals surface area contributed by atoms with Crippen molar-refractivity contribution in [2.24, 2.45) is 5.92 Å². The van der Waals surface area contributed by atoms with E-state index >= 15 is 4.11 Å². The fourth-order valence-electron chi connectivity index (χ4n) is 7.01. The third kappa shape index (κ3) is 5.05. The van der Waals surface area contributed by atoms with Crippen LogP contribution in [-0.4, -0.2) is 44.6 Å². The molecule has 0 unspecified atom stereocenters. The van der Waals surface area contributed by atoms with Crippen molar-refractivity contribution in [1.82, 2.24) is 0 Å². The van der Waals surface area contributed by atoms with Crippen molar-refractivity contribution >= 4 is 43.2 Å². The van der Waals surface area contributed by atoms with E-state index in [4.69, 9.17) is 16.3 Å². The third-order valence-electron chi connectivity index (χ3n) is 8.72. The summed E-state index contributed by atoms with van der Waals surface area (Å²) in [6.45, 7) is 6.03. The predicted octanol–water partition coefficient (Wildman–Crippen LogP) is 6.34. The van der Waals surface area contributed by atoms with Gasteiger partial charge in [0.25, 0.3) is 5.91 Å². The van der Waals surface area contributed by atoms with Crippen LogP contribution >= 0.6 is 11.6 Å². The summed E-state index contributed by atoms with van der Waals surface area (Å²) in [5.41, 5.74) is 1.27. The molecule has 0 aromatic heterocycles. The molecule has 0 aliphatic carbocycles. The normalized spacial score (nSPS) is 27.7. The molecule has 2 aromatic rings. The summed E-state index contributed by atoms with van der Waals surface area (Å²) in [5, 5.41) is 10.2. The number of halogens is 2. The Morgan fingerprint density at radius 2 is 1.90 bits per heavy atom. The maximum atomic E-state index is 15.7. The summed E-state index contributed by atoms with van der Waals surface area (Å²) < 4.78 is 22.2. The first kappa shape index (κ1) is 28.3. The lowest BCUT2D eigenvalue weighted by atomic mass is 9.82. The number of carbonyl (C=O) groups excluding carboxylic acids is 2. The minimum absolute atomic E-state index is 0.134. The Morgan fingerprint density at radius 3 is 2.64 bits per heavy atom. The third-order valence-corrected chi connectivity index (χ3v) is 11.4. The lowest BCUT2D eigenvalue weighted by Gasteiger charge is -2.31. The van der Waals surface area contributed by atoms with Crippen molar-refractivity contribution in [3.05, 3.63) is 58.6 Å². The average molecular weight is 573 g/mol. The van der Waals surface area contributed by atoms with Crippen LogP contribution in [0, 0.1) is 5.92 Å². The Morgan fingerprint density at radius 1 is 1.13 bits per heavy atom. The SMILES string of the molecule is C[C@@H]1[C@@H]([Si](C)(C)F)[C@H](CCO)O[C@@]12C(=O)N(Cc1cccc(N3CCCCCCC3=O)c1)c1ccc(Cl)cc12. The number of benzene rings is 2. The second-order valence-corrected chi connectivity index (χ2v) is 15.9. The summed E-state index contributed by atoms with van der Waals surface area (Å²) in [7, 11) is -3.26. The van der Waals surface area contributed by atoms with Gasteiger partial charge in [-0.25, -0.2) is 0 Å². The van der Waals surface area contributed by atoms with E-state index in [-0.39, 0.29) is 31.4 Å². The van der Waals surface area contributed by atoms with Gasteiger partial charge in [-0.3, -0.25) is 9.59 Å². The zero-order valence-corrected chi connectivity index (χ0v) is 24.7. The fraction of sp³-hybridized carbons (Fsp3) is 0.533. The van der Waals surface area contributed by atoms with Crippen molar-refractivity contribution in [3.63, 3.8) is 0 Å². The van der Waals surface area contributed by atoms with Gasteiger partial charge in [0.05, 0.1) is 18.3 Å². The molecule has 0 radical (unpaired) electrons. The van der Waals surface area contributed by atoms with Gasteiger partial charge in [0.2, 0.25) is 14.3 Å². The smallest absolute Gasteiger partial charge is 0.264 e. The van der Waals surface area contributed by atoms with Gasteiger partial charge in [-0.15, -0.1) is 0 Å². The molecule has 1 spiro atoms. The molecule has 9 heteroatoms. The molecule has 4 atom stereocenters. The summed E-state index contributed by atoms with van der Waals surface area (Å²) in [4.78, 5) is 30.8. The van der Waals surface area contributed by atoms with Crippen LogP contribution in [0.3, 0.4) is 0 Å². The number of anilines is 2. The molecule has 2 amide bonds. The zero-order chi connectivity index (χ0) is 27.9. The molecule has 3 aliphatic heterocycles. The summed E-state index contributed by atoms with van der Waals surface area (Å²) in [6.07, 6.45) is 4.34. The van der Waals surface area contributed by atoms with Crippen molar-refractivity contribution in [2.75, 3.05) is 23.0 Å². The highest BCUT2D eigenvalue weighted by molar-refractivity contribution is 6.72. The van der Waals surface area contributed by atoms with Gasteiger partial charge in [-0.05, 0) is 68.3 Å². The van der Waals surface area contributed by atoms with Crippen molar-refractivity contribution in [1.29, 1.82) is 0 Å². The zero-order valence-electron chi connectivity index (χ0n) is 23.0. The van der Waals surface area contributed by atoms with E-state index in [0.717, 1.165) is 36.9 Å². The van der Waals surface area contributed by atoms with Gasteiger partial charge in [0, 0.05) is 47.3 Å². The molecule has 1 N–H and O–H groups in total. The van der Waals surface area contributed by atoms with Crippen LogP contribution in [0.2, 0.25) is 23.7 Å². The van der Waals surface area contributed by atoms with Crippen LogP contribution in [0.15, 0.2) is 42.5 Å². The first-order valence-electron chi connectivity index (χ1n) is 14.1. The van der Waals surface area contributed by atoms with E-state index in [1.807, 2.05) is 42.2 Å². The molecule has 2 aromatic carbocycles. The fourth-order valence-corrected chi connectivity index (χ4v) is 9.73. The molecule has 210 valence electrons. The van der Waals surface area contributed by atoms with Crippen LogP contribution in [0.25, 0.3) is 0 Å². The Labute approximate surface area is 236 Å². The van der Waals surface area contributed by atoms with E-state index in [0.29, 0.717) is 29.2 Å². The summed E-state index contributed by atoms with van der Waals surface area (Å²) in [6, 6.07) is 13.2. The molecule has 0 bridgehead atoms. The lowest BCUT2D eigenvalue weighted by molar-refractivity contribution is -0.146. The number of nitrogens with zero attached hydrogens (tertiary/aromatic N) is 2. The second-order valence-electron chi connectivity index (χ2n) is 11.7. The minimum Gasteiger partial charge on any atom is -0.396 e. The Kier molecular flexibility index (Phi) is 7.94. The topological polar surface area (TPSA) is 70.1 Å². The molecule has 3 heterocycles. The highest BCUT2D eigenvalue weighted by Gasteiger charge is 2.66. The number of hydrogen-bond donors (Lipinski definition) is 1. The molecule has 39 heavy (non-hydrogen) atoms. The Bertz CT molecular complexity index is 1250. The number of aliphatic hydroxyl groups excluding tert-OH is 1. The number of rotatable bonds is 6. The van der Waals surface area contributed by atoms with E-state index in [2.05, 4.69) is 0 Å². The number of fused-ring (bicyclic) bond motifs is 2. The monoisotopic (exact) mass is 572 g/mol. The highest BCUT2D eigenvalue weighted by atomic mass is 35.5. The maximum Gasteiger partial charge on any atom is 0.264 e. The predicted molar refractivity (Wildman–Crippen MR) is 154 cm³/mol. The number of ether oxygens (including phenoxy) is 1. The van der Waals surface area contributed by atoms with E-state index in [1.165, 1.54) is 0 Å². The number of carbonyl (C=O) groups is 2. The van der Waals surface area contributed by atoms with Gasteiger partial charge in [0.1, 0.15) is 0 Å².